The van der Waals surface area contributed by atoms with Crippen molar-refractivity contribution in [2.45, 2.75) is 20.8 Å². The Kier molecular flexibility index (Phi) is 5.45. The van der Waals surface area contributed by atoms with Crippen LogP contribution in [0.4, 0.5) is 0 Å². The Hall–Kier alpha value is -1.62. The first-order valence-electron chi connectivity index (χ1n) is 4.63. The predicted molar refractivity (Wildman–Crippen MR) is 64.7 cm³/mol. The fourth-order valence-corrected chi connectivity index (χ4v) is 2.63. The third-order valence-electron chi connectivity index (χ3n) is 1.13. The molecule has 90 valence electrons. The van der Waals surface area contributed by atoms with Crippen LogP contribution in [0.1, 0.15) is 20.8 Å². The Morgan fingerprint density at radius 3 is 1.38 bits per heavy atom. The molecule has 0 unspecified atom stereocenters. The maximum atomic E-state index is 5.38. The van der Waals surface area contributed by atoms with Crippen molar-refractivity contribution in [1.29, 1.82) is 0 Å². The summed E-state index contributed by atoms with van der Waals surface area (Å²) in [5.41, 5.74) is 0. The van der Waals surface area contributed by atoms with E-state index < -0.39 is 9.05 Å². The SMILES string of the molecule is C=CO[Si](OC(=C)C)(OC(=C)C)OC(=C)C. The Morgan fingerprint density at radius 1 is 0.875 bits per heavy atom. The van der Waals surface area contributed by atoms with Gasteiger partial charge in [0.2, 0.25) is 0 Å². The van der Waals surface area contributed by atoms with Crippen LogP contribution < -0.4 is 0 Å². The maximum Gasteiger partial charge on any atom is 0.965 e. The van der Waals surface area contributed by atoms with Crippen LogP contribution in [0.15, 0.2) is 49.9 Å². The molecule has 0 fully saturated rings. The summed E-state index contributed by atoms with van der Waals surface area (Å²) in [4.78, 5) is 0. The van der Waals surface area contributed by atoms with Gasteiger partial charge in [-0.2, -0.15) is 0 Å². The summed E-state index contributed by atoms with van der Waals surface area (Å²) in [6.07, 6.45) is 1.20. The van der Waals surface area contributed by atoms with Gasteiger partial charge in [-0.1, -0.05) is 26.3 Å². The highest BCUT2D eigenvalue weighted by Gasteiger charge is 2.56. The first-order chi connectivity index (χ1) is 7.31. The lowest BCUT2D eigenvalue weighted by Crippen LogP contribution is -2.46. The average Bonchev–Trinajstić information content (AvgIpc) is 1.98. The molecular weight excluding hydrogens is 224 g/mol. The van der Waals surface area contributed by atoms with E-state index in [0.29, 0.717) is 17.3 Å². The predicted octanol–water partition coefficient (Wildman–Crippen LogP) is 3.23. The zero-order valence-corrected chi connectivity index (χ0v) is 11.0. The summed E-state index contributed by atoms with van der Waals surface area (Å²) in [6.45, 7) is 19.3. The summed E-state index contributed by atoms with van der Waals surface area (Å²) in [6, 6.07) is 0. The molecule has 0 aliphatic carbocycles. The zero-order valence-electron chi connectivity index (χ0n) is 10.0. The summed E-state index contributed by atoms with van der Waals surface area (Å²) in [5, 5.41) is 0. The van der Waals surface area contributed by atoms with Crippen LogP contribution in [0.3, 0.4) is 0 Å². The van der Waals surface area contributed by atoms with Gasteiger partial charge in [0.25, 0.3) is 0 Å². The molecule has 4 nitrogen and oxygen atoms in total. The summed E-state index contributed by atoms with van der Waals surface area (Å²) >= 11 is 0. The molecular formula is C11H18O4Si. The molecule has 0 aliphatic heterocycles. The van der Waals surface area contributed by atoms with Gasteiger partial charge in [0.15, 0.2) is 0 Å². The number of hydrogen-bond acceptors (Lipinski definition) is 4. The molecule has 5 heteroatoms. The molecule has 0 N–H and O–H groups in total. The second-order valence-electron chi connectivity index (χ2n) is 3.20. The van der Waals surface area contributed by atoms with Crippen molar-refractivity contribution in [3.8, 4) is 0 Å². The van der Waals surface area contributed by atoms with Crippen molar-refractivity contribution in [2.24, 2.45) is 0 Å². The molecule has 0 spiro atoms. The minimum Gasteiger partial charge on any atom is -0.460 e. The molecule has 0 radical (unpaired) electrons. The molecule has 0 saturated heterocycles. The topological polar surface area (TPSA) is 36.9 Å². The summed E-state index contributed by atoms with van der Waals surface area (Å²) in [5.74, 6) is 1.24. The summed E-state index contributed by atoms with van der Waals surface area (Å²) < 4.78 is 21.4. The normalized spacial score (nSPS) is 9.94. The van der Waals surface area contributed by atoms with E-state index in [2.05, 4.69) is 26.3 Å². The molecule has 0 bridgehead atoms. The quantitative estimate of drug-likeness (QED) is 0.483. The standard InChI is InChI=1S/C11H18O4Si/c1-8-12-16(13-9(2)3,14-10(4)5)15-11(6)7/h8H,1-2,4,6H2,3,5,7H3. The molecule has 0 aromatic carbocycles. The van der Waals surface area contributed by atoms with Gasteiger partial charge in [-0.05, 0) is 20.8 Å². The van der Waals surface area contributed by atoms with Gasteiger partial charge in [-0.15, -0.1) is 0 Å². The van der Waals surface area contributed by atoms with Crippen LogP contribution in [-0.2, 0) is 17.7 Å². The van der Waals surface area contributed by atoms with E-state index in [-0.39, 0.29) is 0 Å². The number of rotatable bonds is 8. The molecule has 16 heavy (non-hydrogen) atoms. The van der Waals surface area contributed by atoms with Crippen LogP contribution in [0, 0.1) is 0 Å². The lowest BCUT2D eigenvalue weighted by atomic mass is 10.7. The molecule has 0 heterocycles. The molecule has 0 atom stereocenters. The summed E-state index contributed by atoms with van der Waals surface area (Å²) in [7, 11) is -3.40. The second-order valence-corrected chi connectivity index (χ2v) is 5.04. The largest absolute Gasteiger partial charge is 0.965 e. The van der Waals surface area contributed by atoms with E-state index in [1.165, 1.54) is 6.26 Å². The number of hydrogen-bond donors (Lipinski definition) is 0. The van der Waals surface area contributed by atoms with Crippen molar-refractivity contribution in [3.63, 3.8) is 0 Å². The minimum atomic E-state index is -3.40. The van der Waals surface area contributed by atoms with Crippen molar-refractivity contribution >= 4 is 9.05 Å². The van der Waals surface area contributed by atoms with Crippen molar-refractivity contribution < 1.29 is 17.7 Å². The molecule has 0 aliphatic rings. The van der Waals surface area contributed by atoms with Gasteiger partial charge < -0.3 is 17.7 Å². The van der Waals surface area contributed by atoms with Crippen molar-refractivity contribution in [1.82, 2.24) is 0 Å². The molecule has 0 amide bonds. The van der Waals surface area contributed by atoms with E-state index in [9.17, 15) is 0 Å². The molecule has 0 aromatic rings. The fraction of sp³-hybridized carbons (Fsp3) is 0.273. The van der Waals surface area contributed by atoms with Crippen molar-refractivity contribution in [2.75, 3.05) is 0 Å². The van der Waals surface area contributed by atoms with Gasteiger partial charge in [0.1, 0.15) is 0 Å². The molecule has 0 saturated carbocycles. The zero-order chi connectivity index (χ0) is 12.8. The Labute approximate surface area is 98.0 Å². The Morgan fingerprint density at radius 2 is 1.19 bits per heavy atom. The molecule has 0 rings (SSSR count). The highest BCUT2D eigenvalue weighted by atomic mass is 28.4. The van der Waals surface area contributed by atoms with Gasteiger partial charge >= 0.3 is 9.05 Å². The smallest absolute Gasteiger partial charge is 0.460 e. The van der Waals surface area contributed by atoms with E-state index in [1.807, 2.05) is 0 Å². The van der Waals surface area contributed by atoms with Crippen LogP contribution in [0.2, 0.25) is 0 Å². The third-order valence-corrected chi connectivity index (χ3v) is 3.38. The monoisotopic (exact) mass is 242 g/mol. The lowest BCUT2D eigenvalue weighted by molar-refractivity contribution is 0.0524. The highest BCUT2D eigenvalue weighted by Crippen LogP contribution is 2.21. The minimum absolute atomic E-state index is 0.413. The Balaban J connectivity index is 5.00. The third kappa shape index (κ3) is 5.31. The fourth-order valence-electron chi connectivity index (χ4n) is 0.877. The maximum absolute atomic E-state index is 5.38. The lowest BCUT2D eigenvalue weighted by Gasteiger charge is -2.26. The van der Waals surface area contributed by atoms with Crippen LogP contribution in [0.25, 0.3) is 0 Å². The average molecular weight is 242 g/mol. The van der Waals surface area contributed by atoms with Crippen molar-refractivity contribution in [3.05, 3.63) is 49.9 Å². The first-order valence-corrected chi connectivity index (χ1v) is 6.27. The highest BCUT2D eigenvalue weighted by molar-refractivity contribution is 6.54. The Bertz CT molecular complexity index is 268. The van der Waals surface area contributed by atoms with Gasteiger partial charge in [0, 0.05) is 0 Å². The second kappa shape index (κ2) is 6.07. The van der Waals surface area contributed by atoms with E-state index in [1.54, 1.807) is 20.8 Å². The van der Waals surface area contributed by atoms with Crippen LogP contribution in [0.5, 0.6) is 0 Å². The van der Waals surface area contributed by atoms with E-state index in [4.69, 9.17) is 17.7 Å². The van der Waals surface area contributed by atoms with E-state index in [0.717, 1.165) is 0 Å². The first kappa shape index (κ1) is 14.4. The van der Waals surface area contributed by atoms with Gasteiger partial charge in [-0.3, -0.25) is 0 Å². The van der Waals surface area contributed by atoms with Crippen LogP contribution in [-0.4, -0.2) is 9.05 Å². The number of allylic oxidation sites excluding steroid dienone is 3. The molecule has 0 aromatic heterocycles. The van der Waals surface area contributed by atoms with Crippen LogP contribution >= 0.6 is 0 Å². The van der Waals surface area contributed by atoms with E-state index >= 15 is 0 Å². The van der Waals surface area contributed by atoms with Gasteiger partial charge in [-0.25, -0.2) is 0 Å². The van der Waals surface area contributed by atoms with Gasteiger partial charge in [0.05, 0.1) is 23.5 Å².